The number of hydrogen-bond donors (Lipinski definition) is 2. The minimum absolute atomic E-state index is 0.519. The summed E-state index contributed by atoms with van der Waals surface area (Å²) in [5, 5.41) is 2.41. The van der Waals surface area contributed by atoms with Crippen molar-refractivity contribution < 1.29 is 9.53 Å². The Balaban J connectivity index is 2.48. The molecule has 0 bridgehead atoms. The Morgan fingerprint density at radius 3 is 2.76 bits per heavy atom. The maximum atomic E-state index is 11.3. The summed E-state index contributed by atoms with van der Waals surface area (Å²) in [6.07, 6.45) is 0.744. The topological polar surface area (TPSA) is 76.7 Å². The van der Waals surface area contributed by atoms with Gasteiger partial charge in [0.05, 0.1) is 12.0 Å². The summed E-state index contributed by atoms with van der Waals surface area (Å²) >= 11 is 0. The molecule has 0 spiro atoms. The van der Waals surface area contributed by atoms with Crippen molar-refractivity contribution in [2.75, 3.05) is 5.73 Å². The lowest BCUT2D eigenvalue weighted by Crippen LogP contribution is -2.31. The Kier molecular flexibility index (Phi) is 4.09. The zero-order valence-electron chi connectivity index (χ0n) is 10.2. The van der Waals surface area contributed by atoms with Crippen molar-refractivity contribution >= 4 is 23.8 Å². The van der Waals surface area contributed by atoms with Gasteiger partial charge in [-0.05, 0) is 39.0 Å². The van der Waals surface area contributed by atoms with Crippen LogP contribution in [0.2, 0.25) is 0 Å². The molecule has 0 fully saturated rings. The van der Waals surface area contributed by atoms with E-state index in [1.807, 2.05) is 0 Å². The number of nitrogen functional groups attached to an aromatic ring is 1. The van der Waals surface area contributed by atoms with Gasteiger partial charge in [0.2, 0.25) is 0 Å². The van der Waals surface area contributed by atoms with Gasteiger partial charge >= 0.3 is 6.09 Å². The van der Waals surface area contributed by atoms with Gasteiger partial charge in [-0.3, -0.25) is 5.32 Å². The fourth-order valence-electron chi connectivity index (χ4n) is 1.07. The standard InChI is InChI=1S/C12H17N3O2/c1-12(2,3)17-11(16)15-8-14-10-6-4-5-9(13)7-10/h4-8H,13H2,1-3H3,(H,14,15,16). The third kappa shape index (κ3) is 5.55. The molecule has 5 nitrogen and oxygen atoms in total. The second-order valence-electron chi connectivity index (χ2n) is 4.50. The van der Waals surface area contributed by atoms with Gasteiger partial charge in [-0.2, -0.15) is 0 Å². The van der Waals surface area contributed by atoms with E-state index in [0.717, 1.165) is 0 Å². The number of ether oxygens (including phenoxy) is 1. The van der Waals surface area contributed by atoms with Gasteiger partial charge in [0.15, 0.2) is 0 Å². The number of anilines is 1. The molecule has 5 heteroatoms. The van der Waals surface area contributed by atoms with Crippen molar-refractivity contribution in [3.05, 3.63) is 24.3 Å². The number of carbonyl (C=O) groups excluding carboxylic acids is 1. The van der Waals surface area contributed by atoms with Gasteiger partial charge in [0.25, 0.3) is 0 Å². The van der Waals surface area contributed by atoms with Crippen LogP contribution in [0.3, 0.4) is 0 Å². The van der Waals surface area contributed by atoms with Crippen molar-refractivity contribution in [3.8, 4) is 0 Å². The lowest BCUT2D eigenvalue weighted by molar-refractivity contribution is 0.0565. The molecule has 0 unspecified atom stereocenters. The van der Waals surface area contributed by atoms with Crippen LogP contribution in [-0.2, 0) is 4.74 Å². The van der Waals surface area contributed by atoms with Crippen molar-refractivity contribution in [3.63, 3.8) is 0 Å². The molecule has 0 aliphatic heterocycles. The van der Waals surface area contributed by atoms with Crippen molar-refractivity contribution in [1.29, 1.82) is 0 Å². The highest BCUT2D eigenvalue weighted by Crippen LogP contribution is 2.14. The Morgan fingerprint density at radius 1 is 1.47 bits per heavy atom. The number of nitrogens with one attached hydrogen (secondary N) is 1. The molecule has 0 atom stereocenters. The summed E-state index contributed by atoms with van der Waals surface area (Å²) in [6.45, 7) is 5.38. The largest absolute Gasteiger partial charge is 0.444 e. The van der Waals surface area contributed by atoms with E-state index in [1.54, 1.807) is 45.0 Å². The van der Waals surface area contributed by atoms with Crippen molar-refractivity contribution in [2.24, 2.45) is 4.99 Å². The molecule has 17 heavy (non-hydrogen) atoms. The predicted molar refractivity (Wildman–Crippen MR) is 68.4 cm³/mol. The minimum Gasteiger partial charge on any atom is -0.444 e. The maximum Gasteiger partial charge on any atom is 0.412 e. The summed E-state index contributed by atoms with van der Waals surface area (Å²) in [5.41, 5.74) is 6.36. The summed E-state index contributed by atoms with van der Waals surface area (Å²) in [6, 6.07) is 7.03. The summed E-state index contributed by atoms with van der Waals surface area (Å²) in [5.74, 6) is 0. The molecular formula is C12H17N3O2. The summed E-state index contributed by atoms with van der Waals surface area (Å²) in [7, 11) is 0. The number of alkyl carbamates (subject to hydrolysis) is 1. The van der Waals surface area contributed by atoms with Gasteiger partial charge in [-0.15, -0.1) is 0 Å². The van der Waals surface area contributed by atoms with Gasteiger partial charge in [-0.25, -0.2) is 9.79 Å². The van der Waals surface area contributed by atoms with E-state index in [4.69, 9.17) is 10.5 Å². The number of benzene rings is 1. The smallest absolute Gasteiger partial charge is 0.412 e. The quantitative estimate of drug-likeness (QED) is 0.469. The molecule has 0 aliphatic rings. The van der Waals surface area contributed by atoms with Crippen LogP contribution in [0.25, 0.3) is 0 Å². The lowest BCUT2D eigenvalue weighted by Gasteiger charge is -2.18. The molecule has 0 aromatic heterocycles. The molecule has 0 saturated heterocycles. The van der Waals surface area contributed by atoms with Gasteiger partial charge in [0, 0.05) is 5.69 Å². The third-order valence-electron chi connectivity index (χ3n) is 1.67. The van der Waals surface area contributed by atoms with Gasteiger partial charge in [0.1, 0.15) is 5.60 Å². The van der Waals surface area contributed by atoms with E-state index in [2.05, 4.69) is 10.3 Å². The normalized spacial score (nSPS) is 11.5. The molecule has 1 rings (SSSR count). The zero-order chi connectivity index (χ0) is 12.9. The van der Waals surface area contributed by atoms with Crippen LogP contribution in [-0.4, -0.2) is 18.0 Å². The van der Waals surface area contributed by atoms with E-state index in [0.29, 0.717) is 11.4 Å². The molecular weight excluding hydrogens is 218 g/mol. The fraction of sp³-hybridized carbons (Fsp3) is 0.333. The lowest BCUT2D eigenvalue weighted by atomic mass is 10.2. The molecule has 3 N–H and O–H groups in total. The van der Waals surface area contributed by atoms with E-state index in [-0.39, 0.29) is 0 Å². The first-order chi connectivity index (χ1) is 7.87. The van der Waals surface area contributed by atoms with Crippen molar-refractivity contribution in [2.45, 2.75) is 26.4 Å². The molecule has 0 saturated carbocycles. The number of nitrogens with two attached hydrogens (primary N) is 1. The molecule has 92 valence electrons. The van der Waals surface area contributed by atoms with Crippen LogP contribution < -0.4 is 11.1 Å². The Labute approximate surface area is 101 Å². The monoisotopic (exact) mass is 235 g/mol. The van der Waals surface area contributed by atoms with Crippen LogP contribution in [0.5, 0.6) is 0 Å². The minimum atomic E-state index is -0.537. The fourth-order valence-corrected chi connectivity index (χ4v) is 1.07. The first-order valence-corrected chi connectivity index (χ1v) is 5.24. The number of amides is 1. The maximum absolute atomic E-state index is 11.3. The Bertz CT molecular complexity index is 422. The second-order valence-corrected chi connectivity index (χ2v) is 4.50. The van der Waals surface area contributed by atoms with Gasteiger partial charge in [-0.1, -0.05) is 6.07 Å². The van der Waals surface area contributed by atoms with Gasteiger partial charge < -0.3 is 10.5 Å². The van der Waals surface area contributed by atoms with E-state index >= 15 is 0 Å². The van der Waals surface area contributed by atoms with Crippen LogP contribution in [0.4, 0.5) is 16.2 Å². The molecule has 0 heterocycles. The zero-order valence-corrected chi connectivity index (χ0v) is 10.2. The second kappa shape index (κ2) is 5.34. The third-order valence-corrected chi connectivity index (χ3v) is 1.67. The molecule has 1 aromatic rings. The number of nitrogens with zero attached hydrogens (tertiary/aromatic N) is 1. The van der Waals surface area contributed by atoms with Crippen LogP contribution in [0.15, 0.2) is 29.3 Å². The highest BCUT2D eigenvalue weighted by molar-refractivity contribution is 5.83. The average molecular weight is 235 g/mol. The first kappa shape index (κ1) is 13.0. The number of hydrogen-bond acceptors (Lipinski definition) is 4. The average Bonchev–Trinajstić information content (AvgIpc) is 2.14. The van der Waals surface area contributed by atoms with E-state index < -0.39 is 11.7 Å². The highest BCUT2D eigenvalue weighted by atomic mass is 16.6. The summed E-state index contributed by atoms with van der Waals surface area (Å²) < 4.78 is 5.03. The van der Waals surface area contributed by atoms with Crippen LogP contribution >= 0.6 is 0 Å². The predicted octanol–water partition coefficient (Wildman–Crippen LogP) is 2.45. The Hall–Kier alpha value is -2.04. The van der Waals surface area contributed by atoms with Crippen molar-refractivity contribution in [1.82, 2.24) is 5.32 Å². The van der Waals surface area contributed by atoms with Crippen LogP contribution in [0, 0.1) is 0 Å². The number of aliphatic imine (C=N–C) groups is 1. The first-order valence-electron chi connectivity index (χ1n) is 5.24. The number of carbonyl (C=O) groups is 1. The molecule has 0 aliphatic carbocycles. The molecule has 1 aromatic carbocycles. The van der Waals surface area contributed by atoms with E-state index in [9.17, 15) is 4.79 Å². The van der Waals surface area contributed by atoms with Crippen LogP contribution in [0.1, 0.15) is 20.8 Å². The number of rotatable bonds is 2. The summed E-state index contributed by atoms with van der Waals surface area (Å²) in [4.78, 5) is 15.3. The van der Waals surface area contributed by atoms with E-state index in [1.165, 1.54) is 6.34 Å². The molecule has 0 radical (unpaired) electrons. The molecule has 1 amide bonds. The SMILES string of the molecule is CC(C)(C)OC(=O)NC=Nc1cccc(N)c1. The highest BCUT2D eigenvalue weighted by Gasteiger charge is 2.14. The Morgan fingerprint density at radius 2 is 2.18 bits per heavy atom.